The zero-order valence-corrected chi connectivity index (χ0v) is 12.5. The van der Waals surface area contributed by atoms with E-state index in [1.807, 2.05) is 13.8 Å². The van der Waals surface area contributed by atoms with Crippen LogP contribution in [-0.2, 0) is 4.74 Å². The summed E-state index contributed by atoms with van der Waals surface area (Å²) in [6, 6.07) is 0. The summed E-state index contributed by atoms with van der Waals surface area (Å²) in [5, 5.41) is 29.0. The maximum absolute atomic E-state index is 10.0. The van der Waals surface area contributed by atoms with Crippen molar-refractivity contribution in [1.82, 2.24) is 0 Å². The zero-order valence-electron chi connectivity index (χ0n) is 10.9. The van der Waals surface area contributed by atoms with Gasteiger partial charge in [0.2, 0.25) is 0 Å². The molecule has 104 valence electrons. The second kappa shape index (κ2) is 9.47. The standard InChI is InChI=1S/C11H24O4S2/c1-5-16-11(17-6-2)10(15-4)9(14)8(13)7(3)12/h7-14H,5-6H2,1-4H3/t7-,8+,9+,10-/m0/s1. The molecule has 0 aromatic heterocycles. The largest absolute Gasteiger partial charge is 0.391 e. The summed E-state index contributed by atoms with van der Waals surface area (Å²) in [6.07, 6.45) is -3.73. The lowest BCUT2D eigenvalue weighted by Gasteiger charge is -2.32. The van der Waals surface area contributed by atoms with Crippen molar-refractivity contribution >= 4 is 23.5 Å². The highest BCUT2D eigenvalue weighted by Crippen LogP contribution is 2.30. The van der Waals surface area contributed by atoms with E-state index in [2.05, 4.69) is 0 Å². The van der Waals surface area contributed by atoms with Crippen LogP contribution in [0.1, 0.15) is 20.8 Å². The molecule has 4 nitrogen and oxygen atoms in total. The van der Waals surface area contributed by atoms with Gasteiger partial charge < -0.3 is 20.1 Å². The van der Waals surface area contributed by atoms with Gasteiger partial charge >= 0.3 is 0 Å². The molecule has 0 heterocycles. The number of methoxy groups -OCH3 is 1. The lowest BCUT2D eigenvalue weighted by Crippen LogP contribution is -2.47. The van der Waals surface area contributed by atoms with Crippen LogP contribution in [0.25, 0.3) is 0 Å². The topological polar surface area (TPSA) is 69.9 Å². The minimum Gasteiger partial charge on any atom is -0.391 e. The van der Waals surface area contributed by atoms with E-state index in [1.54, 1.807) is 23.5 Å². The van der Waals surface area contributed by atoms with Crippen molar-refractivity contribution < 1.29 is 20.1 Å². The SMILES string of the molecule is CCSC(SCC)[C@@H](OC)[C@H](O)[C@H](O)[C@H](C)O. The molecule has 0 saturated carbocycles. The molecule has 0 aliphatic carbocycles. The predicted octanol–water partition coefficient (Wildman–Crippen LogP) is 0.936. The number of hydrogen-bond acceptors (Lipinski definition) is 6. The van der Waals surface area contributed by atoms with Gasteiger partial charge in [-0.3, -0.25) is 0 Å². The Morgan fingerprint density at radius 1 is 1.00 bits per heavy atom. The molecule has 0 spiro atoms. The van der Waals surface area contributed by atoms with E-state index in [9.17, 15) is 15.3 Å². The van der Waals surface area contributed by atoms with Crippen molar-refractivity contribution in [1.29, 1.82) is 0 Å². The first-order chi connectivity index (χ1) is 7.99. The van der Waals surface area contributed by atoms with Gasteiger partial charge in [-0.2, -0.15) is 0 Å². The van der Waals surface area contributed by atoms with Gasteiger partial charge in [0, 0.05) is 7.11 Å². The monoisotopic (exact) mass is 284 g/mol. The van der Waals surface area contributed by atoms with Gasteiger partial charge in [-0.25, -0.2) is 0 Å². The second-order valence-corrected chi connectivity index (χ2v) is 6.84. The summed E-state index contributed by atoms with van der Waals surface area (Å²) in [4.78, 5) is 0. The fraction of sp³-hybridized carbons (Fsp3) is 1.00. The number of aliphatic hydroxyl groups is 3. The van der Waals surface area contributed by atoms with Crippen molar-refractivity contribution in [2.24, 2.45) is 0 Å². The van der Waals surface area contributed by atoms with E-state index < -0.39 is 24.4 Å². The van der Waals surface area contributed by atoms with Crippen LogP contribution < -0.4 is 0 Å². The molecule has 17 heavy (non-hydrogen) atoms. The Morgan fingerprint density at radius 3 is 1.76 bits per heavy atom. The van der Waals surface area contributed by atoms with Crippen molar-refractivity contribution in [2.75, 3.05) is 18.6 Å². The van der Waals surface area contributed by atoms with Gasteiger partial charge in [0.15, 0.2) is 0 Å². The number of rotatable bonds is 9. The molecule has 0 aliphatic rings. The van der Waals surface area contributed by atoms with Crippen LogP contribution in [-0.4, -0.2) is 62.9 Å². The first kappa shape index (κ1) is 17.5. The summed E-state index contributed by atoms with van der Waals surface area (Å²) in [6.45, 7) is 5.53. The molecular formula is C11H24O4S2. The molecule has 4 atom stereocenters. The molecule has 3 N–H and O–H groups in total. The summed E-state index contributed by atoms with van der Waals surface area (Å²) >= 11 is 3.35. The van der Waals surface area contributed by atoms with Gasteiger partial charge in [0.1, 0.15) is 18.3 Å². The van der Waals surface area contributed by atoms with E-state index in [0.29, 0.717) is 0 Å². The van der Waals surface area contributed by atoms with Crippen LogP contribution in [0.3, 0.4) is 0 Å². The fourth-order valence-corrected chi connectivity index (χ4v) is 4.24. The number of hydrogen-bond donors (Lipinski definition) is 3. The van der Waals surface area contributed by atoms with Crippen molar-refractivity contribution in [3.05, 3.63) is 0 Å². The molecule has 0 aromatic carbocycles. The Balaban J connectivity index is 4.63. The highest BCUT2D eigenvalue weighted by atomic mass is 32.2. The van der Waals surface area contributed by atoms with Crippen LogP contribution in [0.5, 0.6) is 0 Å². The lowest BCUT2D eigenvalue weighted by molar-refractivity contribution is -0.105. The van der Waals surface area contributed by atoms with Gasteiger partial charge in [0.05, 0.1) is 10.7 Å². The minimum atomic E-state index is -1.18. The molecule has 0 aromatic rings. The average molecular weight is 284 g/mol. The molecule has 0 amide bonds. The highest BCUT2D eigenvalue weighted by molar-refractivity contribution is 8.17. The Morgan fingerprint density at radius 2 is 1.47 bits per heavy atom. The molecule has 6 heteroatoms. The van der Waals surface area contributed by atoms with E-state index in [0.717, 1.165) is 11.5 Å². The third-order valence-electron chi connectivity index (χ3n) is 2.38. The number of aliphatic hydroxyl groups excluding tert-OH is 3. The third kappa shape index (κ3) is 5.81. The van der Waals surface area contributed by atoms with E-state index in [1.165, 1.54) is 14.0 Å². The van der Waals surface area contributed by atoms with E-state index in [4.69, 9.17) is 4.74 Å². The second-order valence-electron chi connectivity index (χ2n) is 3.70. The molecule has 0 bridgehead atoms. The first-order valence-electron chi connectivity index (χ1n) is 5.79. The average Bonchev–Trinajstić information content (AvgIpc) is 2.29. The van der Waals surface area contributed by atoms with Crippen LogP contribution in [0.2, 0.25) is 0 Å². The lowest BCUT2D eigenvalue weighted by atomic mass is 10.1. The summed E-state index contributed by atoms with van der Waals surface area (Å²) in [5.74, 6) is 1.82. The van der Waals surface area contributed by atoms with Gasteiger partial charge in [0.25, 0.3) is 0 Å². The maximum Gasteiger partial charge on any atom is 0.110 e. The molecule has 0 rings (SSSR count). The Hall–Kier alpha value is 0.540. The van der Waals surface area contributed by atoms with Crippen molar-refractivity contribution in [3.63, 3.8) is 0 Å². The van der Waals surface area contributed by atoms with Gasteiger partial charge in [-0.1, -0.05) is 13.8 Å². The van der Waals surface area contributed by atoms with Crippen molar-refractivity contribution in [3.8, 4) is 0 Å². The molecule has 0 saturated heterocycles. The van der Waals surface area contributed by atoms with Crippen LogP contribution in [0.4, 0.5) is 0 Å². The Bertz CT molecular complexity index is 184. The van der Waals surface area contributed by atoms with Crippen LogP contribution in [0, 0.1) is 0 Å². The van der Waals surface area contributed by atoms with Crippen molar-refractivity contribution in [2.45, 2.75) is 49.8 Å². The third-order valence-corrected chi connectivity index (χ3v) is 5.06. The fourth-order valence-electron chi connectivity index (χ4n) is 1.46. The van der Waals surface area contributed by atoms with E-state index >= 15 is 0 Å². The quantitative estimate of drug-likeness (QED) is 0.547. The minimum absolute atomic E-state index is 0.0541. The smallest absolute Gasteiger partial charge is 0.110 e. The number of ether oxygens (including phenoxy) is 1. The molecule has 0 radical (unpaired) electrons. The molecule has 0 fully saturated rings. The van der Waals surface area contributed by atoms with Gasteiger partial charge in [-0.05, 0) is 18.4 Å². The molecule has 0 aliphatic heterocycles. The maximum atomic E-state index is 10.0. The van der Waals surface area contributed by atoms with Crippen LogP contribution in [0.15, 0.2) is 0 Å². The predicted molar refractivity (Wildman–Crippen MR) is 74.5 cm³/mol. The van der Waals surface area contributed by atoms with Crippen LogP contribution >= 0.6 is 23.5 Å². The van der Waals surface area contributed by atoms with Gasteiger partial charge in [-0.15, -0.1) is 23.5 Å². The molecule has 0 unspecified atom stereocenters. The summed E-state index contributed by atoms with van der Waals surface area (Å²) < 4.78 is 5.34. The van der Waals surface area contributed by atoms with E-state index in [-0.39, 0.29) is 4.58 Å². The number of thioether (sulfide) groups is 2. The normalized spacial score (nSPS) is 19.1. The zero-order chi connectivity index (χ0) is 13.4. The summed E-state index contributed by atoms with van der Waals surface area (Å²) in [7, 11) is 1.52. The summed E-state index contributed by atoms with van der Waals surface area (Å²) in [5.41, 5.74) is 0. The Labute approximate surface area is 112 Å². The first-order valence-corrected chi connectivity index (χ1v) is 7.89. The molecular weight excluding hydrogens is 260 g/mol. The Kier molecular flexibility index (Phi) is 9.77. The highest BCUT2D eigenvalue weighted by Gasteiger charge is 2.35.